The van der Waals surface area contributed by atoms with Crippen LogP contribution < -0.4 is 10.1 Å². The van der Waals surface area contributed by atoms with Gasteiger partial charge in [-0.1, -0.05) is 12.1 Å². The normalized spacial score (nSPS) is 14.1. The van der Waals surface area contributed by atoms with E-state index < -0.39 is 26.2 Å². The molecule has 0 fully saturated rings. The van der Waals surface area contributed by atoms with Crippen molar-refractivity contribution in [3.05, 3.63) is 48.0 Å². The standard InChI is InChI=1S/C14H8F3NO4S/c15-14(16,17)23(20,21)8-5-6-10-9(7-8)13(19)22-12-4-2-1-3-11(12)18-10/h1-7,18H. The Hall–Kier alpha value is -2.55. The highest BCUT2D eigenvalue weighted by atomic mass is 32.2. The second kappa shape index (κ2) is 4.98. The van der Waals surface area contributed by atoms with E-state index in [1.807, 2.05) is 0 Å². The second-order valence-electron chi connectivity index (χ2n) is 4.67. The van der Waals surface area contributed by atoms with Gasteiger partial charge in [-0.25, -0.2) is 13.2 Å². The summed E-state index contributed by atoms with van der Waals surface area (Å²) in [5, 5.41) is 2.83. The number of ether oxygens (including phenoxy) is 1. The van der Waals surface area contributed by atoms with Crippen molar-refractivity contribution in [3.8, 4) is 5.75 Å². The molecule has 1 heterocycles. The lowest BCUT2D eigenvalue weighted by Gasteiger charge is -2.11. The van der Waals surface area contributed by atoms with Crippen LogP contribution in [-0.4, -0.2) is 19.9 Å². The van der Waals surface area contributed by atoms with Gasteiger partial charge in [-0.15, -0.1) is 0 Å². The van der Waals surface area contributed by atoms with E-state index in [4.69, 9.17) is 4.74 Å². The summed E-state index contributed by atoms with van der Waals surface area (Å²) in [5.74, 6) is -0.759. The SMILES string of the molecule is O=C1Oc2ccccc2Nc2ccc(S(=O)(=O)C(F)(F)F)cc21. The predicted octanol–water partition coefficient (Wildman–Crippen LogP) is 3.26. The number of fused-ring (bicyclic) bond motifs is 2. The molecule has 0 bridgehead atoms. The first-order valence-electron chi connectivity index (χ1n) is 6.24. The van der Waals surface area contributed by atoms with E-state index in [0.717, 1.165) is 12.1 Å². The summed E-state index contributed by atoms with van der Waals surface area (Å²) >= 11 is 0. The molecular formula is C14H8F3NO4S. The van der Waals surface area contributed by atoms with Crippen LogP contribution >= 0.6 is 0 Å². The summed E-state index contributed by atoms with van der Waals surface area (Å²) in [4.78, 5) is 11.0. The van der Waals surface area contributed by atoms with Crippen molar-refractivity contribution in [2.45, 2.75) is 10.4 Å². The van der Waals surface area contributed by atoms with Crippen LogP contribution in [0.25, 0.3) is 0 Å². The fourth-order valence-electron chi connectivity index (χ4n) is 2.06. The molecule has 120 valence electrons. The van der Waals surface area contributed by atoms with Crippen LogP contribution in [0.4, 0.5) is 24.5 Å². The van der Waals surface area contributed by atoms with Crippen LogP contribution in [-0.2, 0) is 9.84 Å². The number of hydrogen-bond acceptors (Lipinski definition) is 5. The van der Waals surface area contributed by atoms with Crippen LogP contribution in [0.5, 0.6) is 5.75 Å². The van der Waals surface area contributed by atoms with Gasteiger partial charge in [-0.3, -0.25) is 0 Å². The van der Waals surface area contributed by atoms with E-state index in [9.17, 15) is 26.4 Å². The summed E-state index contributed by atoms with van der Waals surface area (Å²) in [5.41, 5.74) is -5.16. The first-order chi connectivity index (χ1) is 10.7. The summed E-state index contributed by atoms with van der Waals surface area (Å²) in [7, 11) is -5.55. The molecule has 5 nitrogen and oxygen atoms in total. The number of rotatable bonds is 1. The van der Waals surface area contributed by atoms with Crippen LogP contribution in [0.2, 0.25) is 0 Å². The molecule has 0 unspecified atom stereocenters. The van der Waals surface area contributed by atoms with Crippen molar-refractivity contribution in [1.29, 1.82) is 0 Å². The highest BCUT2D eigenvalue weighted by Crippen LogP contribution is 2.36. The molecule has 9 heteroatoms. The maximum absolute atomic E-state index is 12.6. The van der Waals surface area contributed by atoms with E-state index in [-0.39, 0.29) is 17.0 Å². The van der Waals surface area contributed by atoms with Gasteiger partial charge in [-0.05, 0) is 30.3 Å². The molecule has 0 atom stereocenters. The average molecular weight is 343 g/mol. The van der Waals surface area contributed by atoms with E-state index >= 15 is 0 Å². The average Bonchev–Trinajstić information content (AvgIpc) is 2.61. The third-order valence-corrected chi connectivity index (χ3v) is 4.67. The molecule has 0 saturated carbocycles. The Morgan fingerprint density at radius 1 is 1.00 bits per heavy atom. The van der Waals surface area contributed by atoms with E-state index in [1.165, 1.54) is 6.07 Å². The Bertz CT molecular complexity index is 906. The third-order valence-electron chi connectivity index (χ3n) is 3.19. The Morgan fingerprint density at radius 2 is 1.70 bits per heavy atom. The van der Waals surface area contributed by atoms with E-state index in [1.54, 1.807) is 18.2 Å². The first kappa shape index (κ1) is 15.3. The summed E-state index contributed by atoms with van der Waals surface area (Å²) < 4.78 is 65.8. The minimum absolute atomic E-state index is 0.154. The maximum Gasteiger partial charge on any atom is 0.501 e. The lowest BCUT2D eigenvalue weighted by Crippen LogP contribution is -2.23. The molecule has 0 spiro atoms. The van der Waals surface area contributed by atoms with Gasteiger partial charge >= 0.3 is 11.5 Å². The molecule has 2 aromatic rings. The number of anilines is 2. The highest BCUT2D eigenvalue weighted by molar-refractivity contribution is 7.92. The second-order valence-corrected chi connectivity index (χ2v) is 6.61. The molecule has 1 N–H and O–H groups in total. The largest absolute Gasteiger partial charge is 0.501 e. The fraction of sp³-hybridized carbons (Fsp3) is 0.0714. The third kappa shape index (κ3) is 2.52. The Labute approximate surface area is 128 Å². The van der Waals surface area contributed by atoms with E-state index in [0.29, 0.717) is 11.8 Å². The number of halogens is 3. The zero-order valence-corrected chi connectivity index (χ0v) is 12.0. The number of carbonyl (C=O) groups excluding carboxylic acids is 1. The van der Waals surface area contributed by atoms with Crippen LogP contribution in [0, 0.1) is 0 Å². The maximum atomic E-state index is 12.6. The summed E-state index contributed by atoms with van der Waals surface area (Å²) in [6.07, 6.45) is 0. The number of esters is 1. The molecule has 23 heavy (non-hydrogen) atoms. The zero-order chi connectivity index (χ0) is 16.8. The van der Waals surface area contributed by atoms with Gasteiger partial charge in [0.25, 0.3) is 9.84 Å². The zero-order valence-electron chi connectivity index (χ0n) is 11.2. The number of alkyl halides is 3. The molecule has 2 aromatic carbocycles. The minimum Gasteiger partial charge on any atom is -0.421 e. The lowest BCUT2D eigenvalue weighted by molar-refractivity contribution is -0.0436. The van der Waals surface area contributed by atoms with Gasteiger partial charge in [-0.2, -0.15) is 13.2 Å². The van der Waals surface area contributed by atoms with Gasteiger partial charge in [0, 0.05) is 0 Å². The number of hydrogen-bond donors (Lipinski definition) is 1. The van der Waals surface area contributed by atoms with Crippen molar-refractivity contribution in [2.75, 3.05) is 5.32 Å². The highest BCUT2D eigenvalue weighted by Gasteiger charge is 2.47. The van der Waals surface area contributed by atoms with Gasteiger partial charge in [0.1, 0.15) is 0 Å². The molecule has 0 amide bonds. The molecule has 1 aliphatic rings. The van der Waals surface area contributed by atoms with Crippen molar-refractivity contribution in [1.82, 2.24) is 0 Å². The number of nitrogens with one attached hydrogen (secondary N) is 1. The van der Waals surface area contributed by atoms with Gasteiger partial charge in [0.15, 0.2) is 5.75 Å². The Morgan fingerprint density at radius 3 is 2.39 bits per heavy atom. The minimum atomic E-state index is -5.55. The lowest BCUT2D eigenvalue weighted by atomic mass is 10.2. The fourth-order valence-corrected chi connectivity index (χ4v) is 2.85. The molecule has 3 rings (SSSR count). The van der Waals surface area contributed by atoms with Crippen LogP contribution in [0.15, 0.2) is 47.4 Å². The van der Waals surface area contributed by atoms with Crippen LogP contribution in [0.3, 0.4) is 0 Å². The summed E-state index contributed by atoms with van der Waals surface area (Å²) in [6, 6.07) is 8.93. The van der Waals surface area contributed by atoms with Crippen molar-refractivity contribution < 1.29 is 31.1 Å². The van der Waals surface area contributed by atoms with E-state index in [2.05, 4.69) is 5.32 Å². The topological polar surface area (TPSA) is 72.5 Å². The number of benzene rings is 2. The molecule has 0 aromatic heterocycles. The van der Waals surface area contributed by atoms with Crippen molar-refractivity contribution in [2.24, 2.45) is 0 Å². The van der Waals surface area contributed by atoms with Gasteiger partial charge in [0.2, 0.25) is 0 Å². The number of carbonyl (C=O) groups is 1. The number of para-hydroxylation sites is 2. The molecule has 0 aliphatic carbocycles. The molecule has 0 saturated heterocycles. The van der Waals surface area contributed by atoms with Crippen LogP contribution in [0.1, 0.15) is 10.4 Å². The Balaban J connectivity index is 2.13. The van der Waals surface area contributed by atoms with Gasteiger partial charge in [0.05, 0.1) is 21.8 Å². The number of sulfone groups is 1. The van der Waals surface area contributed by atoms with Gasteiger partial charge < -0.3 is 10.1 Å². The van der Waals surface area contributed by atoms with Crippen molar-refractivity contribution in [3.63, 3.8) is 0 Å². The van der Waals surface area contributed by atoms with Crippen molar-refractivity contribution >= 4 is 27.2 Å². The quantitative estimate of drug-likeness (QED) is 0.636. The molecular weight excluding hydrogens is 335 g/mol. The molecule has 0 radical (unpaired) electrons. The monoisotopic (exact) mass is 343 g/mol. The Kier molecular flexibility index (Phi) is 3.33. The molecule has 1 aliphatic heterocycles. The predicted molar refractivity (Wildman–Crippen MR) is 74.4 cm³/mol. The summed E-state index contributed by atoms with van der Waals surface area (Å²) in [6.45, 7) is 0. The first-order valence-corrected chi connectivity index (χ1v) is 7.72. The smallest absolute Gasteiger partial charge is 0.421 e.